The largest absolute Gasteiger partial charge is 0.454 e. The number of para-hydroxylation sites is 1. The minimum atomic E-state index is -1.55. The number of anilines is 1. The molecule has 3 heterocycles. The first-order valence-corrected chi connectivity index (χ1v) is 16.6. The van der Waals surface area contributed by atoms with Crippen LogP contribution in [-0.4, -0.2) is 31.2 Å². The molecule has 5 aromatic carbocycles. The van der Waals surface area contributed by atoms with Crippen LogP contribution in [0.1, 0.15) is 27.8 Å². The molecule has 1 saturated carbocycles. The van der Waals surface area contributed by atoms with Gasteiger partial charge in [-0.25, -0.2) is 4.90 Å². The van der Waals surface area contributed by atoms with E-state index in [9.17, 15) is 0 Å². The Hall–Kier alpha value is -6.15. The highest BCUT2D eigenvalue weighted by atomic mass is 16.7. The lowest BCUT2D eigenvalue weighted by Gasteiger charge is -2.39. The van der Waals surface area contributed by atoms with Crippen molar-refractivity contribution in [2.24, 2.45) is 11.8 Å². The van der Waals surface area contributed by atoms with Crippen LogP contribution in [0.5, 0.6) is 23.0 Å². The number of ether oxygens (including phenoxy) is 4. The highest BCUT2D eigenvalue weighted by molar-refractivity contribution is 6.39. The van der Waals surface area contributed by atoms with Crippen molar-refractivity contribution in [2.45, 2.75) is 17.8 Å². The number of carbonyl (C=O) groups excluding carboxylic acids is 3. The van der Waals surface area contributed by atoms with Crippen LogP contribution >= 0.6 is 0 Å². The van der Waals surface area contributed by atoms with Gasteiger partial charge in [-0.05, 0) is 76.2 Å². The molecular weight excluding hydrogens is 630 g/mol. The second kappa shape index (κ2) is 10.2. The van der Waals surface area contributed by atoms with Gasteiger partial charge in [0.15, 0.2) is 28.8 Å². The van der Waals surface area contributed by atoms with E-state index in [0.29, 0.717) is 62.1 Å². The van der Waals surface area contributed by atoms with Gasteiger partial charge in [-0.2, -0.15) is 0 Å². The van der Waals surface area contributed by atoms with E-state index in [0.717, 1.165) is 5.56 Å². The van der Waals surface area contributed by atoms with Crippen molar-refractivity contribution in [3.8, 4) is 23.0 Å². The number of aryl methyl sites for hydroxylation is 1. The van der Waals surface area contributed by atoms with Crippen molar-refractivity contribution in [1.29, 1.82) is 0 Å². The lowest BCUT2D eigenvalue weighted by atomic mass is 9.59. The highest BCUT2D eigenvalue weighted by Gasteiger charge is 2.83. The van der Waals surface area contributed by atoms with Gasteiger partial charge in [0.05, 0.1) is 28.4 Å². The van der Waals surface area contributed by atoms with Crippen molar-refractivity contribution >= 4 is 34.4 Å². The van der Waals surface area contributed by atoms with Crippen LogP contribution < -0.4 is 23.8 Å². The highest BCUT2D eigenvalue weighted by Crippen LogP contribution is 2.74. The lowest BCUT2D eigenvalue weighted by molar-refractivity contribution is -0.130. The third-order valence-corrected chi connectivity index (χ3v) is 11.1. The molecule has 4 unspecified atom stereocenters. The van der Waals surface area contributed by atoms with Gasteiger partial charge in [-0.1, -0.05) is 91.0 Å². The Morgan fingerprint density at radius 2 is 0.980 bits per heavy atom. The molecule has 3 aliphatic heterocycles. The number of hydrogen-bond donors (Lipinski definition) is 0. The maximum absolute atomic E-state index is 16.2. The number of carbonyl (C=O) groups is 3. The molecule has 2 fully saturated rings. The minimum absolute atomic E-state index is 0.0760. The number of imide groups is 1. The van der Waals surface area contributed by atoms with Crippen LogP contribution in [0.2, 0.25) is 0 Å². The molecule has 0 spiro atoms. The number of rotatable bonds is 5. The van der Waals surface area contributed by atoms with Gasteiger partial charge in [0.2, 0.25) is 25.4 Å². The van der Waals surface area contributed by atoms with Crippen molar-refractivity contribution in [3.05, 3.63) is 149 Å². The Morgan fingerprint density at radius 1 is 0.540 bits per heavy atom. The van der Waals surface area contributed by atoms with Crippen LogP contribution in [0.15, 0.2) is 121 Å². The smallest absolute Gasteiger partial charge is 0.239 e. The Bertz CT molecular complexity index is 2190. The van der Waals surface area contributed by atoms with E-state index in [4.69, 9.17) is 18.9 Å². The van der Waals surface area contributed by atoms with E-state index < -0.39 is 34.5 Å². The van der Waals surface area contributed by atoms with Crippen molar-refractivity contribution in [2.75, 3.05) is 18.5 Å². The minimum Gasteiger partial charge on any atom is -0.454 e. The van der Waals surface area contributed by atoms with E-state index in [-0.39, 0.29) is 19.4 Å². The maximum Gasteiger partial charge on any atom is 0.239 e. The van der Waals surface area contributed by atoms with Crippen LogP contribution in [0.4, 0.5) is 5.69 Å². The summed E-state index contributed by atoms with van der Waals surface area (Å²) in [5.74, 6) is -0.807. The summed E-state index contributed by atoms with van der Waals surface area (Å²) in [6.07, 6.45) is 0. The van der Waals surface area contributed by atoms with Crippen molar-refractivity contribution < 1.29 is 33.3 Å². The van der Waals surface area contributed by atoms with Crippen LogP contribution in [0.3, 0.4) is 0 Å². The fraction of sp³-hybridized carbons (Fsp3) is 0.167. The first-order valence-electron chi connectivity index (χ1n) is 16.6. The summed E-state index contributed by atoms with van der Waals surface area (Å²) in [6, 6.07) is 37.6. The fourth-order valence-electron chi connectivity index (χ4n) is 9.28. The Morgan fingerprint density at radius 3 is 1.46 bits per heavy atom. The Balaban J connectivity index is 1.38. The van der Waals surface area contributed by atoms with Gasteiger partial charge in [0, 0.05) is 0 Å². The number of benzene rings is 5. The molecule has 8 nitrogen and oxygen atoms in total. The Labute approximate surface area is 287 Å². The number of allylic oxidation sites excluding steroid dienone is 2. The molecule has 4 atom stereocenters. The van der Waals surface area contributed by atoms with E-state index in [1.807, 2.05) is 122 Å². The second-order valence-electron chi connectivity index (χ2n) is 13.3. The predicted octanol–water partition coefficient (Wildman–Crippen LogP) is 6.64. The van der Waals surface area contributed by atoms with Gasteiger partial charge in [0.1, 0.15) is 0 Å². The summed E-state index contributed by atoms with van der Waals surface area (Å²) in [7, 11) is 0. The molecule has 1 saturated heterocycles. The van der Waals surface area contributed by atoms with E-state index in [2.05, 4.69) is 0 Å². The molecule has 0 N–H and O–H groups in total. The molecule has 244 valence electrons. The van der Waals surface area contributed by atoms with E-state index in [1.54, 1.807) is 6.07 Å². The monoisotopic (exact) mass is 659 g/mol. The SMILES string of the molecule is Cc1ccccc1N1C(=O)C2C(C1=O)C1(c3ccccc3)C(=O)C2(c2ccccc2)C(c2ccc3c(c2)OCO3)=C1c1ccc2c(c1)OCO2. The normalized spacial score (nSPS) is 25.5. The number of ketones is 1. The molecular formula is C42H29NO7. The molecule has 5 aromatic rings. The number of nitrogens with zero attached hydrogens (tertiary/aromatic N) is 1. The zero-order valence-corrected chi connectivity index (χ0v) is 26.9. The lowest BCUT2D eigenvalue weighted by Crippen LogP contribution is -2.45. The Kier molecular flexibility index (Phi) is 5.87. The number of hydrogen-bond acceptors (Lipinski definition) is 7. The van der Waals surface area contributed by atoms with Crippen molar-refractivity contribution in [3.63, 3.8) is 0 Å². The summed E-state index contributed by atoms with van der Waals surface area (Å²) >= 11 is 0. The third kappa shape index (κ3) is 3.42. The zero-order valence-electron chi connectivity index (χ0n) is 26.9. The summed E-state index contributed by atoms with van der Waals surface area (Å²) in [5, 5.41) is 0. The molecule has 2 aliphatic carbocycles. The zero-order chi connectivity index (χ0) is 33.8. The van der Waals surface area contributed by atoms with Crippen LogP contribution in [0.25, 0.3) is 11.1 Å². The predicted molar refractivity (Wildman–Crippen MR) is 184 cm³/mol. The van der Waals surface area contributed by atoms with E-state index >= 15 is 14.4 Å². The average molecular weight is 660 g/mol. The summed E-state index contributed by atoms with van der Waals surface area (Å²) in [5.41, 5.74) is 2.21. The fourth-order valence-corrected chi connectivity index (χ4v) is 9.28. The second-order valence-corrected chi connectivity index (χ2v) is 13.3. The standard InChI is InChI=1S/C42H29NO7/c1-24-10-8-9-15-29(24)43-38(44)36-37(39(43)45)42(28-13-6-3-7-14-28)35(26-17-19-31-33(21-26)50-23-48-31)34(25-16-18-30-32(20-25)49-22-47-30)41(36,40(42)46)27-11-4-2-5-12-27/h2-21,36-37H,22-23H2,1H3. The number of Topliss-reactive ketones (excluding diaryl/α,β-unsaturated/α-hetero) is 1. The topological polar surface area (TPSA) is 91.4 Å². The summed E-state index contributed by atoms with van der Waals surface area (Å²) < 4.78 is 23.1. The molecule has 0 aromatic heterocycles. The van der Waals surface area contributed by atoms with E-state index in [1.165, 1.54) is 4.90 Å². The van der Waals surface area contributed by atoms with Gasteiger partial charge >= 0.3 is 0 Å². The molecule has 2 bridgehead atoms. The molecule has 5 aliphatic rings. The first-order chi connectivity index (χ1) is 24.5. The van der Waals surface area contributed by atoms with Gasteiger partial charge in [-0.15, -0.1) is 0 Å². The molecule has 10 rings (SSSR count). The molecule has 50 heavy (non-hydrogen) atoms. The van der Waals surface area contributed by atoms with Crippen LogP contribution in [-0.2, 0) is 25.2 Å². The van der Waals surface area contributed by atoms with Gasteiger partial charge < -0.3 is 18.9 Å². The van der Waals surface area contributed by atoms with Gasteiger partial charge in [-0.3, -0.25) is 14.4 Å². The first kappa shape index (κ1) is 28.8. The molecule has 2 amide bonds. The summed E-state index contributed by atoms with van der Waals surface area (Å²) in [4.78, 5) is 48.0. The average Bonchev–Trinajstić information content (AvgIpc) is 3.96. The maximum atomic E-state index is 16.2. The number of amides is 2. The number of fused-ring (bicyclic) bond motifs is 7. The van der Waals surface area contributed by atoms with Crippen molar-refractivity contribution in [1.82, 2.24) is 0 Å². The molecule has 8 heteroatoms. The summed E-state index contributed by atoms with van der Waals surface area (Å²) in [6.45, 7) is 2.04. The quantitative estimate of drug-likeness (QED) is 0.196. The third-order valence-electron chi connectivity index (χ3n) is 11.1. The van der Waals surface area contributed by atoms with Gasteiger partial charge in [0.25, 0.3) is 0 Å². The molecule has 0 radical (unpaired) electrons. The van der Waals surface area contributed by atoms with Crippen LogP contribution in [0, 0.1) is 18.8 Å².